The van der Waals surface area contributed by atoms with E-state index in [0.29, 0.717) is 16.3 Å². The van der Waals surface area contributed by atoms with Crippen LogP contribution in [-0.2, 0) is 4.79 Å². The first kappa shape index (κ1) is 9.49. The number of anilines is 1. The van der Waals surface area contributed by atoms with E-state index in [1.54, 1.807) is 0 Å². The van der Waals surface area contributed by atoms with Crippen molar-refractivity contribution < 1.29 is 9.59 Å². The van der Waals surface area contributed by atoms with Crippen LogP contribution in [0.3, 0.4) is 0 Å². The average Bonchev–Trinajstić information content (AvgIpc) is 2.38. The van der Waals surface area contributed by atoms with Gasteiger partial charge in [-0.25, -0.2) is 0 Å². The van der Waals surface area contributed by atoms with E-state index in [1.165, 1.54) is 24.1 Å². The summed E-state index contributed by atoms with van der Waals surface area (Å²) in [6.07, 6.45) is 0. The summed E-state index contributed by atoms with van der Waals surface area (Å²) < 4.78 is 0. The van der Waals surface area contributed by atoms with Crippen LogP contribution in [-0.4, -0.2) is 18.7 Å². The predicted molar refractivity (Wildman–Crippen MR) is 54.2 cm³/mol. The molecule has 0 fully saturated rings. The first-order chi connectivity index (χ1) is 6.54. The van der Waals surface area contributed by atoms with Crippen LogP contribution >= 0.6 is 23.2 Å². The Morgan fingerprint density at radius 1 is 1.21 bits per heavy atom. The Balaban J connectivity index is 2.76. The number of nitrogens with zero attached hydrogens (tertiary/aromatic N) is 1. The highest BCUT2D eigenvalue weighted by Gasteiger charge is 2.35. The molecule has 1 aromatic rings. The van der Waals surface area contributed by atoms with Crippen molar-refractivity contribution >= 4 is 40.6 Å². The molecule has 14 heavy (non-hydrogen) atoms. The fourth-order valence-electron chi connectivity index (χ4n) is 1.42. The largest absolute Gasteiger partial charge is 0.306 e. The number of halogens is 2. The molecule has 0 aliphatic carbocycles. The Morgan fingerprint density at radius 2 is 1.86 bits per heavy atom. The average molecular weight is 230 g/mol. The lowest BCUT2D eigenvalue weighted by Gasteiger charge is -2.10. The third kappa shape index (κ3) is 1.06. The molecule has 1 amide bonds. The minimum absolute atomic E-state index is 0.242. The maximum absolute atomic E-state index is 11.4. The van der Waals surface area contributed by atoms with Gasteiger partial charge in [0.05, 0.1) is 21.3 Å². The van der Waals surface area contributed by atoms with Crippen molar-refractivity contribution in [1.82, 2.24) is 0 Å². The number of Topliss-reactive ketones (excluding diaryl/α,β-unsaturated/α-hetero) is 1. The molecule has 3 nitrogen and oxygen atoms in total. The minimum Gasteiger partial charge on any atom is -0.306 e. The summed E-state index contributed by atoms with van der Waals surface area (Å²) in [4.78, 5) is 23.9. The van der Waals surface area contributed by atoms with Gasteiger partial charge in [0.15, 0.2) is 0 Å². The molecule has 0 unspecified atom stereocenters. The van der Waals surface area contributed by atoms with E-state index in [-0.39, 0.29) is 5.02 Å². The molecule has 0 atom stereocenters. The maximum atomic E-state index is 11.4. The van der Waals surface area contributed by atoms with Crippen LogP contribution < -0.4 is 4.90 Å². The second kappa shape index (κ2) is 2.97. The quantitative estimate of drug-likeness (QED) is 0.640. The molecule has 1 heterocycles. The monoisotopic (exact) mass is 229 g/mol. The zero-order valence-corrected chi connectivity index (χ0v) is 8.69. The van der Waals surface area contributed by atoms with Gasteiger partial charge in [-0.15, -0.1) is 0 Å². The first-order valence-electron chi connectivity index (χ1n) is 3.84. The summed E-state index contributed by atoms with van der Waals surface area (Å²) in [5, 5.41) is 0.575. The van der Waals surface area contributed by atoms with Crippen molar-refractivity contribution in [2.75, 3.05) is 11.9 Å². The van der Waals surface area contributed by atoms with Gasteiger partial charge >= 0.3 is 0 Å². The summed E-state index contributed by atoms with van der Waals surface area (Å²) in [7, 11) is 1.49. The molecule has 0 saturated carbocycles. The molecule has 0 bridgehead atoms. The summed E-state index contributed by atoms with van der Waals surface area (Å²) >= 11 is 11.7. The first-order valence-corrected chi connectivity index (χ1v) is 4.60. The lowest BCUT2D eigenvalue weighted by Crippen LogP contribution is -2.24. The number of hydrogen-bond donors (Lipinski definition) is 0. The molecule has 2 rings (SSSR count). The molecular formula is C9H5Cl2NO2. The van der Waals surface area contributed by atoms with Crippen molar-refractivity contribution in [1.29, 1.82) is 0 Å². The summed E-state index contributed by atoms with van der Waals surface area (Å²) in [6, 6.07) is 3.01. The number of ketones is 1. The number of amides is 1. The number of benzene rings is 1. The van der Waals surface area contributed by atoms with Gasteiger partial charge < -0.3 is 4.90 Å². The molecule has 0 spiro atoms. The van der Waals surface area contributed by atoms with Gasteiger partial charge in [0.2, 0.25) is 0 Å². The topological polar surface area (TPSA) is 37.4 Å². The minimum atomic E-state index is -0.579. The van der Waals surface area contributed by atoms with E-state index in [9.17, 15) is 9.59 Å². The van der Waals surface area contributed by atoms with Gasteiger partial charge in [0.25, 0.3) is 11.7 Å². The van der Waals surface area contributed by atoms with Gasteiger partial charge in [-0.2, -0.15) is 0 Å². The van der Waals surface area contributed by atoms with E-state index in [4.69, 9.17) is 23.2 Å². The standard InChI is InChI=1S/C9H5Cl2NO2/c1-12-7-4(8(13)9(12)14)2-3-5(10)6(7)11/h2-3H,1H3. The van der Waals surface area contributed by atoms with Crippen molar-refractivity contribution in [3.63, 3.8) is 0 Å². The number of hydrogen-bond acceptors (Lipinski definition) is 2. The Labute approximate surface area is 90.2 Å². The van der Waals surface area contributed by atoms with Crippen LogP contribution in [0.15, 0.2) is 12.1 Å². The van der Waals surface area contributed by atoms with Crippen LogP contribution in [0, 0.1) is 0 Å². The predicted octanol–water partition coefficient (Wildman–Crippen LogP) is 2.15. The Bertz CT molecular complexity index is 456. The second-order valence-electron chi connectivity index (χ2n) is 2.95. The van der Waals surface area contributed by atoms with Crippen LogP contribution in [0.25, 0.3) is 0 Å². The van der Waals surface area contributed by atoms with Crippen LogP contribution in [0.4, 0.5) is 5.69 Å². The smallest absolute Gasteiger partial charge is 0.299 e. The van der Waals surface area contributed by atoms with E-state index in [2.05, 4.69) is 0 Å². The molecule has 0 aromatic heterocycles. The van der Waals surface area contributed by atoms with E-state index in [1.807, 2.05) is 0 Å². The summed E-state index contributed by atoms with van der Waals surface area (Å²) in [6.45, 7) is 0. The maximum Gasteiger partial charge on any atom is 0.299 e. The second-order valence-corrected chi connectivity index (χ2v) is 3.74. The summed E-state index contributed by atoms with van der Waals surface area (Å²) in [5.41, 5.74) is 0.709. The van der Waals surface area contributed by atoms with Crippen molar-refractivity contribution in [2.45, 2.75) is 0 Å². The Morgan fingerprint density at radius 3 is 2.50 bits per heavy atom. The number of likely N-dealkylation sites (N-methyl/N-ethyl adjacent to an activating group) is 1. The van der Waals surface area contributed by atoms with Gasteiger partial charge in [0, 0.05) is 7.05 Å². The Hall–Kier alpha value is -1.06. The third-order valence-corrected chi connectivity index (χ3v) is 2.94. The zero-order valence-electron chi connectivity index (χ0n) is 7.17. The third-order valence-electron chi connectivity index (χ3n) is 2.15. The molecule has 5 heteroatoms. The van der Waals surface area contributed by atoms with Gasteiger partial charge in [0.1, 0.15) is 0 Å². The molecule has 1 aliphatic heterocycles. The van der Waals surface area contributed by atoms with Crippen LogP contribution in [0.2, 0.25) is 10.0 Å². The molecule has 0 saturated heterocycles. The molecular weight excluding hydrogens is 225 g/mol. The van der Waals surface area contributed by atoms with Crippen molar-refractivity contribution in [3.05, 3.63) is 27.7 Å². The Kier molecular flexibility index (Phi) is 2.01. The molecule has 1 aromatic carbocycles. The van der Waals surface area contributed by atoms with Gasteiger partial charge in [-0.05, 0) is 12.1 Å². The zero-order chi connectivity index (χ0) is 10.5. The van der Waals surface area contributed by atoms with Crippen LogP contribution in [0.1, 0.15) is 10.4 Å². The van der Waals surface area contributed by atoms with Crippen molar-refractivity contribution in [2.24, 2.45) is 0 Å². The number of rotatable bonds is 0. The SMILES string of the molecule is CN1C(=O)C(=O)c2ccc(Cl)c(Cl)c21. The number of fused-ring (bicyclic) bond motifs is 1. The number of carbonyl (C=O) groups is 2. The molecule has 1 aliphatic rings. The number of carbonyl (C=O) groups excluding carboxylic acids is 2. The normalized spacial score (nSPS) is 14.9. The highest BCUT2D eigenvalue weighted by molar-refractivity contribution is 6.55. The lowest BCUT2D eigenvalue weighted by molar-refractivity contribution is -0.114. The van der Waals surface area contributed by atoms with E-state index in [0.717, 1.165) is 0 Å². The molecule has 0 radical (unpaired) electrons. The summed E-state index contributed by atoms with van der Waals surface area (Å²) in [5.74, 6) is -1.12. The van der Waals surface area contributed by atoms with Crippen molar-refractivity contribution in [3.8, 4) is 0 Å². The van der Waals surface area contributed by atoms with E-state index >= 15 is 0 Å². The van der Waals surface area contributed by atoms with Crippen LogP contribution in [0.5, 0.6) is 0 Å². The lowest BCUT2D eigenvalue weighted by atomic mass is 10.1. The molecule has 0 N–H and O–H groups in total. The molecule has 72 valence electrons. The van der Waals surface area contributed by atoms with Gasteiger partial charge in [-0.1, -0.05) is 23.2 Å². The fraction of sp³-hybridized carbons (Fsp3) is 0.111. The highest BCUT2D eigenvalue weighted by atomic mass is 35.5. The highest BCUT2D eigenvalue weighted by Crippen LogP contribution is 2.39. The van der Waals surface area contributed by atoms with E-state index < -0.39 is 11.7 Å². The fourth-order valence-corrected chi connectivity index (χ4v) is 1.86. The van der Waals surface area contributed by atoms with Gasteiger partial charge in [-0.3, -0.25) is 9.59 Å².